The van der Waals surface area contributed by atoms with Crippen LogP contribution in [-0.4, -0.2) is 58.5 Å². The van der Waals surface area contributed by atoms with Crippen molar-refractivity contribution < 1.29 is 14.3 Å². The van der Waals surface area contributed by atoms with E-state index in [2.05, 4.69) is 22.2 Å². The largest absolute Gasteiger partial charge is 0.373 e. The van der Waals surface area contributed by atoms with E-state index in [1.54, 1.807) is 6.92 Å². The summed E-state index contributed by atoms with van der Waals surface area (Å²) >= 11 is 0. The normalized spacial score (nSPS) is 24.7. The zero-order valence-corrected chi connectivity index (χ0v) is 16.8. The number of rotatable bonds is 4. The van der Waals surface area contributed by atoms with E-state index < -0.39 is 0 Å². The highest BCUT2D eigenvalue weighted by Gasteiger charge is 2.35. The second-order valence-electron chi connectivity index (χ2n) is 8.34. The van der Waals surface area contributed by atoms with Crippen molar-refractivity contribution in [3.8, 4) is 0 Å². The number of carbonyl (C=O) groups is 2. The predicted octanol–water partition coefficient (Wildman–Crippen LogP) is 1.98. The fraction of sp³-hybridized carbons (Fsp3) is 0.700. The molecule has 0 radical (unpaired) electrons. The van der Waals surface area contributed by atoms with Crippen LogP contribution in [0, 0.1) is 6.92 Å². The number of aromatic nitrogens is 2. The average molecular weight is 374 g/mol. The van der Waals surface area contributed by atoms with Crippen LogP contribution < -0.4 is 5.32 Å². The Morgan fingerprint density at radius 3 is 2.52 bits per heavy atom. The average Bonchev–Trinajstić information content (AvgIpc) is 3.06. The SMILES string of the molecule is CC(=O)N1CCC(C)(c2cc(C(=O)NC[C@]3(C)CCCO3)nc(C)n2)CC1. The summed E-state index contributed by atoms with van der Waals surface area (Å²) in [5, 5.41) is 2.97. The van der Waals surface area contributed by atoms with Crippen molar-refractivity contribution in [2.24, 2.45) is 0 Å². The summed E-state index contributed by atoms with van der Waals surface area (Å²) in [6.07, 6.45) is 3.64. The molecule has 2 saturated heterocycles. The fourth-order valence-corrected chi connectivity index (χ4v) is 3.90. The summed E-state index contributed by atoms with van der Waals surface area (Å²) in [6, 6.07) is 1.81. The first-order chi connectivity index (χ1) is 12.7. The molecule has 0 unspecified atom stereocenters. The standard InChI is InChI=1S/C20H30N4O3/c1-14-22-16(18(26)21-13-20(4)6-5-11-27-20)12-17(23-14)19(3)7-9-24(10-8-19)15(2)25/h12H,5-11,13H2,1-4H3,(H,21,26)/t20-/m0/s1. The molecule has 2 aliphatic rings. The molecule has 2 aliphatic heterocycles. The maximum absolute atomic E-state index is 12.7. The number of nitrogens with one attached hydrogen (secondary N) is 1. The highest BCUT2D eigenvalue weighted by Crippen LogP contribution is 2.34. The minimum Gasteiger partial charge on any atom is -0.373 e. The number of piperidine rings is 1. The van der Waals surface area contributed by atoms with Crippen LogP contribution in [0.15, 0.2) is 6.07 Å². The van der Waals surface area contributed by atoms with Crippen LogP contribution in [0.5, 0.6) is 0 Å². The number of likely N-dealkylation sites (tertiary alicyclic amines) is 1. The van der Waals surface area contributed by atoms with Crippen molar-refractivity contribution >= 4 is 11.8 Å². The number of amides is 2. The van der Waals surface area contributed by atoms with Gasteiger partial charge in [-0.05, 0) is 45.6 Å². The molecule has 0 spiro atoms. The molecule has 7 nitrogen and oxygen atoms in total. The van der Waals surface area contributed by atoms with Crippen molar-refractivity contribution in [1.29, 1.82) is 0 Å². The lowest BCUT2D eigenvalue weighted by atomic mass is 9.77. The van der Waals surface area contributed by atoms with Gasteiger partial charge in [0.2, 0.25) is 5.91 Å². The molecule has 3 heterocycles. The van der Waals surface area contributed by atoms with Gasteiger partial charge in [-0.2, -0.15) is 0 Å². The molecular weight excluding hydrogens is 344 g/mol. The number of hydrogen-bond acceptors (Lipinski definition) is 5. The minimum absolute atomic E-state index is 0.110. The Kier molecular flexibility index (Phi) is 5.51. The fourth-order valence-electron chi connectivity index (χ4n) is 3.90. The highest BCUT2D eigenvalue weighted by atomic mass is 16.5. The molecule has 2 amide bonds. The second-order valence-corrected chi connectivity index (χ2v) is 8.34. The van der Waals surface area contributed by atoms with Gasteiger partial charge in [0, 0.05) is 38.6 Å². The topological polar surface area (TPSA) is 84.4 Å². The van der Waals surface area contributed by atoms with E-state index in [1.165, 1.54) is 0 Å². The third-order valence-corrected chi connectivity index (χ3v) is 5.92. The molecule has 148 valence electrons. The Morgan fingerprint density at radius 1 is 1.22 bits per heavy atom. The Bertz CT molecular complexity index is 720. The minimum atomic E-state index is -0.286. The number of ether oxygens (including phenoxy) is 1. The molecule has 7 heteroatoms. The lowest BCUT2D eigenvalue weighted by Gasteiger charge is -2.38. The number of hydrogen-bond donors (Lipinski definition) is 1. The molecule has 1 atom stereocenters. The van der Waals surface area contributed by atoms with E-state index in [4.69, 9.17) is 4.74 Å². The van der Waals surface area contributed by atoms with Crippen LogP contribution in [0.2, 0.25) is 0 Å². The van der Waals surface area contributed by atoms with Crippen molar-refractivity contribution in [2.45, 2.75) is 64.4 Å². The van der Waals surface area contributed by atoms with Gasteiger partial charge in [0.25, 0.3) is 5.91 Å². The Morgan fingerprint density at radius 2 is 1.93 bits per heavy atom. The van der Waals surface area contributed by atoms with Crippen molar-refractivity contribution in [2.75, 3.05) is 26.2 Å². The van der Waals surface area contributed by atoms with E-state index >= 15 is 0 Å². The Balaban J connectivity index is 1.72. The maximum atomic E-state index is 12.7. The zero-order chi connectivity index (χ0) is 19.7. The quantitative estimate of drug-likeness (QED) is 0.871. The number of nitrogens with zero attached hydrogens (tertiary/aromatic N) is 3. The molecule has 0 aromatic carbocycles. The van der Waals surface area contributed by atoms with Gasteiger partial charge in [0.15, 0.2) is 0 Å². The predicted molar refractivity (Wildman–Crippen MR) is 102 cm³/mol. The summed E-state index contributed by atoms with van der Waals surface area (Å²) in [6.45, 7) is 10.3. The molecule has 2 fully saturated rings. The van der Waals surface area contributed by atoms with Gasteiger partial charge in [-0.1, -0.05) is 6.92 Å². The molecule has 0 aliphatic carbocycles. The van der Waals surface area contributed by atoms with E-state index in [1.807, 2.05) is 24.8 Å². The summed E-state index contributed by atoms with van der Waals surface area (Å²) in [4.78, 5) is 35.1. The van der Waals surface area contributed by atoms with Crippen molar-refractivity contribution in [1.82, 2.24) is 20.2 Å². The van der Waals surface area contributed by atoms with Crippen LogP contribution in [0.3, 0.4) is 0 Å². The lowest BCUT2D eigenvalue weighted by Crippen LogP contribution is -2.44. The molecular formula is C20H30N4O3. The lowest BCUT2D eigenvalue weighted by molar-refractivity contribution is -0.130. The molecule has 3 rings (SSSR count). The molecule has 1 aromatic heterocycles. The molecule has 1 aromatic rings. The van der Waals surface area contributed by atoms with E-state index in [-0.39, 0.29) is 22.8 Å². The third kappa shape index (κ3) is 4.46. The van der Waals surface area contributed by atoms with Gasteiger partial charge in [-0.15, -0.1) is 0 Å². The van der Waals surface area contributed by atoms with Gasteiger partial charge in [0.1, 0.15) is 11.5 Å². The van der Waals surface area contributed by atoms with E-state index in [9.17, 15) is 9.59 Å². The monoisotopic (exact) mass is 374 g/mol. The smallest absolute Gasteiger partial charge is 0.270 e. The molecule has 27 heavy (non-hydrogen) atoms. The highest BCUT2D eigenvalue weighted by molar-refractivity contribution is 5.92. The van der Waals surface area contributed by atoms with Crippen molar-refractivity contribution in [3.05, 3.63) is 23.3 Å². The van der Waals surface area contributed by atoms with E-state index in [0.717, 1.165) is 38.0 Å². The van der Waals surface area contributed by atoms with Gasteiger partial charge in [-0.25, -0.2) is 9.97 Å². The van der Waals surface area contributed by atoms with E-state index in [0.29, 0.717) is 31.2 Å². The van der Waals surface area contributed by atoms with Gasteiger partial charge in [0.05, 0.1) is 11.3 Å². The number of aryl methyl sites for hydroxylation is 1. The van der Waals surface area contributed by atoms with Crippen LogP contribution in [0.4, 0.5) is 0 Å². The van der Waals surface area contributed by atoms with Crippen LogP contribution in [-0.2, 0) is 14.9 Å². The zero-order valence-electron chi connectivity index (χ0n) is 16.8. The third-order valence-electron chi connectivity index (χ3n) is 5.92. The molecule has 1 N–H and O–H groups in total. The first-order valence-electron chi connectivity index (χ1n) is 9.75. The Labute approximate surface area is 160 Å². The van der Waals surface area contributed by atoms with Gasteiger partial charge in [-0.3, -0.25) is 9.59 Å². The maximum Gasteiger partial charge on any atom is 0.270 e. The van der Waals surface area contributed by atoms with Crippen molar-refractivity contribution in [3.63, 3.8) is 0 Å². The van der Waals surface area contributed by atoms with Gasteiger partial charge >= 0.3 is 0 Å². The summed E-state index contributed by atoms with van der Waals surface area (Å²) in [5.74, 6) is 0.512. The number of carbonyl (C=O) groups excluding carboxylic acids is 2. The molecule has 0 bridgehead atoms. The second kappa shape index (κ2) is 7.54. The first kappa shape index (κ1) is 19.7. The molecule has 0 saturated carbocycles. The van der Waals surface area contributed by atoms with Crippen LogP contribution in [0.1, 0.15) is 68.5 Å². The first-order valence-corrected chi connectivity index (χ1v) is 9.75. The summed E-state index contributed by atoms with van der Waals surface area (Å²) in [5.41, 5.74) is 0.836. The van der Waals surface area contributed by atoms with Crippen LogP contribution >= 0.6 is 0 Å². The Hall–Kier alpha value is -2.02. The summed E-state index contributed by atoms with van der Waals surface area (Å²) < 4.78 is 5.74. The summed E-state index contributed by atoms with van der Waals surface area (Å²) in [7, 11) is 0. The van der Waals surface area contributed by atoms with Crippen LogP contribution in [0.25, 0.3) is 0 Å². The van der Waals surface area contributed by atoms with Gasteiger partial charge < -0.3 is 15.0 Å².